The lowest BCUT2D eigenvalue weighted by Gasteiger charge is -2.24. The number of aliphatic hydroxyl groups is 1. The molecule has 1 aliphatic rings. The highest BCUT2D eigenvalue weighted by Crippen LogP contribution is 2.30. The van der Waals surface area contributed by atoms with Crippen molar-refractivity contribution < 1.29 is 19.8 Å². The molecule has 2 N–H and O–H groups in total. The fourth-order valence-electron chi connectivity index (χ4n) is 3.04. The van der Waals surface area contributed by atoms with E-state index in [4.69, 9.17) is 4.84 Å². The third kappa shape index (κ3) is 5.40. The summed E-state index contributed by atoms with van der Waals surface area (Å²) in [5.74, 6) is -0.810. The van der Waals surface area contributed by atoms with Crippen LogP contribution in [-0.4, -0.2) is 34.5 Å². The van der Waals surface area contributed by atoms with Crippen LogP contribution in [-0.2, 0) is 16.2 Å². The lowest BCUT2D eigenvalue weighted by atomic mass is 9.93. The number of hydrogen-bond donors (Lipinski definition) is 2. The topological polar surface area (TPSA) is 70.0 Å². The Morgan fingerprint density at radius 2 is 1.95 bits per heavy atom. The fourth-order valence-corrected chi connectivity index (χ4v) is 3.04. The molecule has 0 bridgehead atoms. The Bertz CT molecular complexity index is 445. The molecule has 2 rings (SSSR count). The standard InChI is InChI=1S/C17H25NO4/c19-13-18(22-12-15-8-2-1-3-9-15)11-16(17(20)21)10-14-6-4-5-7-14/h1-3,8-9,14,16,19H,4-7,10-13H2,(H,20,21)/t16-/m1/s1. The molecule has 1 aliphatic carbocycles. The fraction of sp³-hybridized carbons (Fsp3) is 0.588. The van der Waals surface area contributed by atoms with Gasteiger partial charge in [0.1, 0.15) is 6.73 Å². The molecule has 0 heterocycles. The van der Waals surface area contributed by atoms with E-state index in [1.807, 2.05) is 30.3 Å². The first-order valence-corrected chi connectivity index (χ1v) is 7.94. The summed E-state index contributed by atoms with van der Waals surface area (Å²) in [6, 6.07) is 9.63. The van der Waals surface area contributed by atoms with Crippen molar-refractivity contribution in [2.45, 2.75) is 38.7 Å². The van der Waals surface area contributed by atoms with Crippen LogP contribution in [0.1, 0.15) is 37.7 Å². The number of carboxylic acids is 1. The summed E-state index contributed by atoms with van der Waals surface area (Å²) in [6.45, 7) is 0.244. The van der Waals surface area contributed by atoms with E-state index in [2.05, 4.69) is 0 Å². The van der Waals surface area contributed by atoms with E-state index in [9.17, 15) is 15.0 Å². The normalized spacial score (nSPS) is 17.0. The first kappa shape index (κ1) is 16.9. The van der Waals surface area contributed by atoms with Gasteiger partial charge < -0.3 is 10.2 Å². The number of rotatable bonds is 9. The van der Waals surface area contributed by atoms with Gasteiger partial charge in [-0.05, 0) is 17.9 Å². The van der Waals surface area contributed by atoms with Gasteiger partial charge in [-0.15, -0.1) is 0 Å². The lowest BCUT2D eigenvalue weighted by Crippen LogP contribution is -2.35. The quantitative estimate of drug-likeness (QED) is 0.542. The summed E-state index contributed by atoms with van der Waals surface area (Å²) in [7, 11) is 0. The summed E-state index contributed by atoms with van der Waals surface area (Å²) in [5, 5.41) is 20.2. The van der Waals surface area contributed by atoms with E-state index in [-0.39, 0.29) is 13.3 Å². The van der Waals surface area contributed by atoms with Crippen LogP contribution in [0.25, 0.3) is 0 Å². The largest absolute Gasteiger partial charge is 0.481 e. The van der Waals surface area contributed by atoms with E-state index in [0.717, 1.165) is 18.4 Å². The Hall–Kier alpha value is -1.43. The van der Waals surface area contributed by atoms with Crippen molar-refractivity contribution in [3.63, 3.8) is 0 Å². The highest BCUT2D eigenvalue weighted by Gasteiger charge is 2.27. The number of hydrogen-bond acceptors (Lipinski definition) is 4. The molecule has 1 atom stereocenters. The number of aliphatic hydroxyl groups excluding tert-OH is 1. The third-order valence-corrected chi connectivity index (χ3v) is 4.28. The molecule has 0 aliphatic heterocycles. The second-order valence-corrected chi connectivity index (χ2v) is 5.99. The first-order valence-electron chi connectivity index (χ1n) is 7.94. The number of carboxylic acid groups (broad SMARTS) is 1. The maximum atomic E-state index is 11.4. The van der Waals surface area contributed by atoms with Crippen LogP contribution in [0.4, 0.5) is 0 Å². The van der Waals surface area contributed by atoms with Gasteiger partial charge in [0.25, 0.3) is 0 Å². The molecule has 0 saturated heterocycles. The minimum atomic E-state index is -0.811. The van der Waals surface area contributed by atoms with Crippen molar-refractivity contribution in [1.29, 1.82) is 0 Å². The van der Waals surface area contributed by atoms with Gasteiger partial charge in [0, 0.05) is 6.54 Å². The van der Waals surface area contributed by atoms with Crippen molar-refractivity contribution in [2.24, 2.45) is 11.8 Å². The minimum Gasteiger partial charge on any atom is -0.481 e. The SMILES string of the molecule is O=C(O)[C@H](CC1CCCC1)CN(CO)OCc1ccccc1. The second kappa shape index (κ2) is 8.88. The van der Waals surface area contributed by atoms with Gasteiger partial charge in [0.05, 0.1) is 12.5 Å². The number of aliphatic carboxylic acids is 1. The predicted molar refractivity (Wildman–Crippen MR) is 82.7 cm³/mol. The summed E-state index contributed by atoms with van der Waals surface area (Å²) >= 11 is 0. The molecular weight excluding hydrogens is 282 g/mol. The van der Waals surface area contributed by atoms with Crippen molar-refractivity contribution in [2.75, 3.05) is 13.3 Å². The predicted octanol–water partition coefficient (Wildman–Crippen LogP) is 2.65. The molecule has 1 aromatic rings. The maximum absolute atomic E-state index is 11.4. The van der Waals surface area contributed by atoms with Gasteiger partial charge in [-0.2, -0.15) is 5.06 Å². The van der Waals surface area contributed by atoms with Gasteiger partial charge in [-0.1, -0.05) is 56.0 Å². The second-order valence-electron chi connectivity index (χ2n) is 5.99. The number of nitrogens with zero attached hydrogens (tertiary/aromatic N) is 1. The molecule has 22 heavy (non-hydrogen) atoms. The van der Waals surface area contributed by atoms with Crippen LogP contribution in [0.5, 0.6) is 0 Å². The van der Waals surface area contributed by atoms with Crippen LogP contribution in [0.2, 0.25) is 0 Å². The van der Waals surface area contributed by atoms with Gasteiger partial charge in [0.15, 0.2) is 0 Å². The minimum absolute atomic E-state index is 0.217. The van der Waals surface area contributed by atoms with Gasteiger partial charge in [-0.3, -0.25) is 9.63 Å². The zero-order chi connectivity index (χ0) is 15.8. The Morgan fingerprint density at radius 3 is 2.55 bits per heavy atom. The van der Waals surface area contributed by atoms with E-state index in [1.54, 1.807) is 0 Å². The van der Waals surface area contributed by atoms with Gasteiger partial charge >= 0.3 is 5.97 Å². The molecule has 0 unspecified atom stereocenters. The lowest BCUT2D eigenvalue weighted by molar-refractivity contribution is -0.214. The first-order chi connectivity index (χ1) is 10.7. The Labute approximate surface area is 131 Å². The zero-order valence-electron chi connectivity index (χ0n) is 12.9. The molecule has 0 radical (unpaired) electrons. The molecule has 5 nitrogen and oxygen atoms in total. The molecule has 0 aromatic heterocycles. The van der Waals surface area contributed by atoms with Crippen LogP contribution in [0.3, 0.4) is 0 Å². The molecule has 1 fully saturated rings. The molecule has 1 saturated carbocycles. The maximum Gasteiger partial charge on any atom is 0.307 e. The van der Waals surface area contributed by atoms with Gasteiger partial charge in [-0.25, -0.2) is 0 Å². The highest BCUT2D eigenvalue weighted by atomic mass is 16.7. The van der Waals surface area contributed by atoms with E-state index >= 15 is 0 Å². The number of carbonyl (C=O) groups is 1. The van der Waals surface area contributed by atoms with Crippen molar-refractivity contribution >= 4 is 5.97 Å². The van der Waals surface area contributed by atoms with Crippen LogP contribution < -0.4 is 0 Å². The van der Waals surface area contributed by atoms with Crippen molar-refractivity contribution in [3.05, 3.63) is 35.9 Å². The molecular formula is C17H25NO4. The van der Waals surface area contributed by atoms with E-state index in [0.29, 0.717) is 18.9 Å². The van der Waals surface area contributed by atoms with Crippen LogP contribution >= 0.6 is 0 Å². The Kier molecular flexibility index (Phi) is 6.83. The Morgan fingerprint density at radius 1 is 1.27 bits per heavy atom. The van der Waals surface area contributed by atoms with Crippen LogP contribution in [0, 0.1) is 11.8 Å². The van der Waals surface area contributed by atoms with E-state index < -0.39 is 11.9 Å². The zero-order valence-corrected chi connectivity index (χ0v) is 12.9. The summed E-state index contributed by atoms with van der Waals surface area (Å²) in [4.78, 5) is 17.0. The van der Waals surface area contributed by atoms with Crippen molar-refractivity contribution in [3.8, 4) is 0 Å². The molecule has 122 valence electrons. The average Bonchev–Trinajstić information content (AvgIpc) is 3.04. The molecule has 1 aromatic carbocycles. The monoisotopic (exact) mass is 307 g/mol. The summed E-state index contributed by atoms with van der Waals surface area (Å²) in [6.07, 6.45) is 5.30. The van der Waals surface area contributed by atoms with E-state index in [1.165, 1.54) is 17.9 Å². The number of benzene rings is 1. The molecule has 0 spiro atoms. The third-order valence-electron chi connectivity index (χ3n) is 4.28. The molecule has 5 heteroatoms. The summed E-state index contributed by atoms with van der Waals surface area (Å²) < 4.78 is 0. The summed E-state index contributed by atoms with van der Waals surface area (Å²) in [5.41, 5.74) is 0.989. The van der Waals surface area contributed by atoms with Crippen LogP contribution in [0.15, 0.2) is 30.3 Å². The molecule has 0 amide bonds. The Balaban J connectivity index is 1.83. The average molecular weight is 307 g/mol. The smallest absolute Gasteiger partial charge is 0.307 e. The van der Waals surface area contributed by atoms with Gasteiger partial charge in [0.2, 0.25) is 0 Å². The highest BCUT2D eigenvalue weighted by molar-refractivity contribution is 5.70. The number of hydroxylamine groups is 2. The van der Waals surface area contributed by atoms with Crippen molar-refractivity contribution in [1.82, 2.24) is 5.06 Å².